The van der Waals surface area contributed by atoms with Crippen LogP contribution in [0.5, 0.6) is 0 Å². The fourth-order valence-corrected chi connectivity index (χ4v) is 3.17. The van der Waals surface area contributed by atoms with Gasteiger partial charge in [-0.25, -0.2) is 12.8 Å². The molecule has 1 heterocycles. The van der Waals surface area contributed by atoms with E-state index in [1.807, 2.05) is 13.0 Å². The maximum Gasteiger partial charge on any atom is 0.175 e. The lowest BCUT2D eigenvalue weighted by Crippen LogP contribution is -1.96. The number of nitrogens with one attached hydrogen (secondary N) is 1. The predicted octanol–water partition coefficient (Wildman–Crippen LogP) is 4.20. The highest BCUT2D eigenvalue weighted by Crippen LogP contribution is 2.33. The van der Waals surface area contributed by atoms with E-state index in [2.05, 4.69) is 4.98 Å². The first-order valence-corrected chi connectivity index (χ1v) is 9.00. The average Bonchev–Trinajstić information content (AvgIpc) is 2.89. The SMILES string of the molecule is Cc1cc(-c2ccc(F)cc2)c(-c2ccc(S(C)(=O)=O)cc2)[nH]1. The zero-order chi connectivity index (χ0) is 16.6. The largest absolute Gasteiger partial charge is 0.358 e. The van der Waals surface area contributed by atoms with Crippen LogP contribution in [0.15, 0.2) is 59.5 Å². The molecule has 3 nitrogen and oxygen atoms in total. The van der Waals surface area contributed by atoms with Crippen LogP contribution >= 0.6 is 0 Å². The van der Waals surface area contributed by atoms with Gasteiger partial charge in [-0.3, -0.25) is 0 Å². The Hall–Kier alpha value is -2.40. The molecule has 0 aliphatic carbocycles. The van der Waals surface area contributed by atoms with E-state index in [0.717, 1.165) is 28.1 Å². The van der Waals surface area contributed by atoms with Gasteiger partial charge in [0.15, 0.2) is 9.84 Å². The summed E-state index contributed by atoms with van der Waals surface area (Å²) < 4.78 is 36.2. The summed E-state index contributed by atoms with van der Waals surface area (Å²) in [6.07, 6.45) is 1.19. The quantitative estimate of drug-likeness (QED) is 0.783. The number of halogens is 1. The molecule has 0 amide bonds. The first-order valence-electron chi connectivity index (χ1n) is 7.10. The van der Waals surface area contributed by atoms with Gasteiger partial charge in [0.25, 0.3) is 0 Å². The third-order valence-corrected chi connectivity index (χ3v) is 4.81. The second kappa shape index (κ2) is 5.66. The molecule has 1 aromatic heterocycles. The van der Waals surface area contributed by atoms with Crippen LogP contribution in [0.25, 0.3) is 22.4 Å². The fraction of sp³-hybridized carbons (Fsp3) is 0.111. The Morgan fingerprint density at radius 3 is 2.04 bits per heavy atom. The molecule has 0 bridgehead atoms. The number of aromatic nitrogens is 1. The van der Waals surface area contributed by atoms with Crippen molar-refractivity contribution in [2.75, 3.05) is 6.26 Å². The minimum absolute atomic E-state index is 0.278. The topological polar surface area (TPSA) is 49.9 Å². The molecule has 0 saturated heterocycles. The molecule has 1 N–H and O–H groups in total. The molecule has 3 aromatic rings. The number of aryl methyl sites for hydroxylation is 1. The van der Waals surface area contributed by atoms with Gasteiger partial charge < -0.3 is 4.98 Å². The van der Waals surface area contributed by atoms with E-state index >= 15 is 0 Å². The molecule has 0 aliphatic rings. The Morgan fingerprint density at radius 2 is 1.48 bits per heavy atom. The van der Waals surface area contributed by atoms with Crippen molar-refractivity contribution >= 4 is 9.84 Å². The summed E-state index contributed by atoms with van der Waals surface area (Å²) >= 11 is 0. The smallest absolute Gasteiger partial charge is 0.175 e. The molecule has 0 saturated carbocycles. The van der Waals surface area contributed by atoms with Crippen molar-refractivity contribution < 1.29 is 12.8 Å². The number of sulfone groups is 1. The molecule has 2 aromatic carbocycles. The van der Waals surface area contributed by atoms with Crippen molar-refractivity contribution in [3.8, 4) is 22.4 Å². The van der Waals surface area contributed by atoms with Crippen molar-refractivity contribution in [3.63, 3.8) is 0 Å². The third-order valence-electron chi connectivity index (χ3n) is 3.68. The van der Waals surface area contributed by atoms with Gasteiger partial charge in [-0.2, -0.15) is 0 Å². The summed E-state index contributed by atoms with van der Waals surface area (Å²) in [6.45, 7) is 1.95. The summed E-state index contributed by atoms with van der Waals surface area (Å²) in [5.74, 6) is -0.278. The first kappa shape index (κ1) is 15.5. The van der Waals surface area contributed by atoms with Crippen molar-refractivity contribution in [3.05, 3.63) is 66.1 Å². The number of H-pyrrole nitrogens is 1. The van der Waals surface area contributed by atoms with Crippen LogP contribution in [0.4, 0.5) is 4.39 Å². The Kier molecular flexibility index (Phi) is 3.82. The van der Waals surface area contributed by atoms with Crippen LogP contribution in [0, 0.1) is 12.7 Å². The van der Waals surface area contributed by atoms with Crippen LogP contribution < -0.4 is 0 Å². The van der Waals surface area contributed by atoms with Crippen LogP contribution in [0.3, 0.4) is 0 Å². The molecule has 0 unspecified atom stereocenters. The summed E-state index contributed by atoms with van der Waals surface area (Å²) in [5.41, 5.74) is 4.60. The zero-order valence-electron chi connectivity index (χ0n) is 12.8. The van der Waals surface area contributed by atoms with Gasteiger partial charge in [0.05, 0.1) is 10.6 Å². The zero-order valence-corrected chi connectivity index (χ0v) is 13.6. The molecule has 0 aliphatic heterocycles. The first-order chi connectivity index (χ1) is 10.8. The van der Waals surface area contributed by atoms with Crippen LogP contribution in [-0.4, -0.2) is 19.7 Å². The Morgan fingerprint density at radius 1 is 0.913 bits per heavy atom. The Balaban J connectivity index is 2.09. The lowest BCUT2D eigenvalue weighted by molar-refractivity contribution is 0.602. The summed E-state index contributed by atoms with van der Waals surface area (Å²) in [5, 5.41) is 0. The van der Waals surface area contributed by atoms with Gasteiger partial charge in [0.1, 0.15) is 5.82 Å². The molecule has 3 rings (SSSR count). The molecule has 0 radical (unpaired) electrons. The standard InChI is InChI=1S/C18H16FNO2S/c1-12-11-17(13-3-7-15(19)8-4-13)18(20-12)14-5-9-16(10-6-14)23(2,21)22/h3-11,20H,1-2H3. The molecule has 0 spiro atoms. The Labute approximate surface area is 134 Å². The number of hydrogen-bond donors (Lipinski definition) is 1. The highest BCUT2D eigenvalue weighted by Gasteiger charge is 2.12. The minimum Gasteiger partial charge on any atom is -0.358 e. The van der Waals surface area contributed by atoms with Gasteiger partial charge in [0.2, 0.25) is 0 Å². The lowest BCUT2D eigenvalue weighted by Gasteiger charge is -2.06. The van der Waals surface area contributed by atoms with Crippen molar-refractivity contribution in [1.29, 1.82) is 0 Å². The van der Waals surface area contributed by atoms with Gasteiger partial charge in [-0.1, -0.05) is 24.3 Å². The molecule has 0 fully saturated rings. The van der Waals surface area contributed by atoms with Gasteiger partial charge >= 0.3 is 0 Å². The summed E-state index contributed by atoms with van der Waals surface area (Å²) in [4.78, 5) is 3.57. The molecular formula is C18H16FNO2S. The second-order valence-electron chi connectivity index (χ2n) is 5.54. The Bertz CT molecular complexity index is 940. The summed E-state index contributed by atoms with van der Waals surface area (Å²) in [6, 6.07) is 15.0. The van der Waals surface area contributed by atoms with E-state index < -0.39 is 9.84 Å². The number of hydrogen-bond acceptors (Lipinski definition) is 2. The van der Waals surface area contributed by atoms with E-state index in [-0.39, 0.29) is 10.7 Å². The van der Waals surface area contributed by atoms with Gasteiger partial charge in [0, 0.05) is 17.5 Å². The molecular weight excluding hydrogens is 313 g/mol. The molecule has 118 valence electrons. The maximum atomic E-state index is 13.1. The maximum absolute atomic E-state index is 13.1. The van der Waals surface area contributed by atoms with Crippen molar-refractivity contribution in [2.45, 2.75) is 11.8 Å². The van der Waals surface area contributed by atoms with E-state index in [1.165, 1.54) is 18.4 Å². The monoisotopic (exact) mass is 329 g/mol. The van der Waals surface area contributed by atoms with E-state index in [0.29, 0.717) is 0 Å². The molecule has 0 atom stereocenters. The second-order valence-corrected chi connectivity index (χ2v) is 7.56. The van der Waals surface area contributed by atoms with Crippen LogP contribution in [-0.2, 0) is 9.84 Å². The van der Waals surface area contributed by atoms with E-state index in [9.17, 15) is 12.8 Å². The fourth-order valence-electron chi connectivity index (χ4n) is 2.54. The predicted molar refractivity (Wildman–Crippen MR) is 89.5 cm³/mol. The number of aromatic amines is 1. The van der Waals surface area contributed by atoms with E-state index in [1.54, 1.807) is 36.4 Å². The minimum atomic E-state index is -3.22. The van der Waals surface area contributed by atoms with Crippen molar-refractivity contribution in [2.24, 2.45) is 0 Å². The molecule has 5 heteroatoms. The number of rotatable bonds is 3. The van der Waals surface area contributed by atoms with Gasteiger partial charge in [-0.15, -0.1) is 0 Å². The highest BCUT2D eigenvalue weighted by molar-refractivity contribution is 7.90. The van der Waals surface area contributed by atoms with Gasteiger partial charge in [-0.05, 0) is 48.4 Å². The van der Waals surface area contributed by atoms with E-state index in [4.69, 9.17) is 0 Å². The van der Waals surface area contributed by atoms with Crippen LogP contribution in [0.2, 0.25) is 0 Å². The average molecular weight is 329 g/mol. The normalized spacial score (nSPS) is 11.6. The third kappa shape index (κ3) is 3.19. The van der Waals surface area contributed by atoms with Crippen LogP contribution in [0.1, 0.15) is 5.69 Å². The molecule has 23 heavy (non-hydrogen) atoms. The van der Waals surface area contributed by atoms with Crippen molar-refractivity contribution in [1.82, 2.24) is 4.98 Å². The number of benzene rings is 2. The lowest BCUT2D eigenvalue weighted by atomic mass is 10.0. The highest BCUT2D eigenvalue weighted by atomic mass is 32.2. The summed E-state index contributed by atoms with van der Waals surface area (Å²) in [7, 11) is -3.22.